The summed E-state index contributed by atoms with van der Waals surface area (Å²) in [5.74, 6) is 2.56. The monoisotopic (exact) mass is 534 g/mol. The van der Waals surface area contributed by atoms with Crippen molar-refractivity contribution in [3.63, 3.8) is 0 Å². The molecule has 206 valence electrons. The van der Waals surface area contributed by atoms with Gasteiger partial charge in [-0.05, 0) is 75.6 Å². The minimum absolute atomic E-state index is 0.410. The minimum Gasteiger partial charge on any atom is -0.497 e. The number of benzene rings is 2. The number of methoxy groups -OCH3 is 1. The highest BCUT2D eigenvalue weighted by Crippen LogP contribution is 2.30. The lowest BCUT2D eigenvalue weighted by atomic mass is 10.0. The van der Waals surface area contributed by atoms with E-state index in [-0.39, 0.29) is 0 Å². The molecule has 0 aliphatic carbocycles. The number of oxazole rings is 1. The number of carboxylic acid groups (broad SMARTS) is 1. The number of hydrogen-bond donors (Lipinski definition) is 1. The molecule has 0 radical (unpaired) electrons. The highest BCUT2D eigenvalue weighted by Gasteiger charge is 2.30. The van der Waals surface area contributed by atoms with Crippen molar-refractivity contribution in [2.75, 3.05) is 7.11 Å². The second kappa shape index (κ2) is 11.3. The third kappa shape index (κ3) is 6.64. The molecule has 0 saturated carbocycles. The highest BCUT2D eigenvalue weighted by molar-refractivity contribution is 5.77. The van der Waals surface area contributed by atoms with Gasteiger partial charge in [-0.1, -0.05) is 12.1 Å². The van der Waals surface area contributed by atoms with Crippen LogP contribution in [0.5, 0.6) is 11.5 Å². The molecule has 0 bridgehead atoms. The van der Waals surface area contributed by atoms with Crippen LogP contribution in [0.2, 0.25) is 0 Å². The predicted octanol–water partition coefficient (Wildman–Crippen LogP) is 5.41. The molecule has 2 aromatic carbocycles. The molecule has 39 heavy (non-hydrogen) atoms. The molecular formula is C29H34N4O6. The Labute approximate surface area is 227 Å². The molecule has 10 nitrogen and oxygen atoms in total. The average molecular weight is 535 g/mol. The van der Waals surface area contributed by atoms with E-state index in [0.717, 1.165) is 39.5 Å². The van der Waals surface area contributed by atoms with Crippen LogP contribution in [-0.4, -0.2) is 43.9 Å². The number of aryl methyl sites for hydroxylation is 4. The fourth-order valence-electron chi connectivity index (χ4n) is 4.25. The topological polar surface area (TPSA) is 124 Å². The van der Waals surface area contributed by atoms with Crippen molar-refractivity contribution in [2.24, 2.45) is 0 Å². The van der Waals surface area contributed by atoms with Gasteiger partial charge in [0.2, 0.25) is 17.7 Å². The number of aromatic nitrogens is 3. The second-order valence-corrected chi connectivity index (χ2v) is 10.1. The van der Waals surface area contributed by atoms with E-state index in [9.17, 15) is 9.90 Å². The van der Waals surface area contributed by atoms with Gasteiger partial charge in [0.15, 0.2) is 5.60 Å². The molecule has 0 fully saturated rings. The van der Waals surface area contributed by atoms with Crippen LogP contribution in [0.4, 0.5) is 0 Å². The van der Waals surface area contributed by atoms with Gasteiger partial charge >= 0.3 is 5.97 Å². The average Bonchev–Trinajstić information content (AvgIpc) is 3.46. The molecule has 0 amide bonds. The molecule has 4 aromatic rings. The van der Waals surface area contributed by atoms with E-state index in [1.54, 1.807) is 14.0 Å². The first-order chi connectivity index (χ1) is 18.4. The summed E-state index contributed by atoms with van der Waals surface area (Å²) in [5.41, 5.74) is 3.05. The van der Waals surface area contributed by atoms with Gasteiger partial charge in [-0.15, -0.1) is 10.2 Å². The fraction of sp³-hybridized carbons (Fsp3) is 0.379. The van der Waals surface area contributed by atoms with Crippen molar-refractivity contribution in [3.8, 4) is 23.0 Å². The SMILES string of the molecule is COc1ccc(-c2nc(CN(Cc3cc(C)c(OC(C)(C)C(=O)O)c(C)c3)Cc3nnc(C)o3)c(C)o2)cc1. The number of carbonyl (C=O) groups is 1. The van der Waals surface area contributed by atoms with Crippen LogP contribution in [0.15, 0.2) is 45.2 Å². The van der Waals surface area contributed by atoms with Gasteiger partial charge in [-0.25, -0.2) is 9.78 Å². The normalized spacial score (nSPS) is 11.7. The van der Waals surface area contributed by atoms with Crippen LogP contribution in [0, 0.1) is 27.7 Å². The maximum Gasteiger partial charge on any atom is 0.347 e. The molecule has 4 rings (SSSR count). The molecule has 1 N–H and O–H groups in total. The predicted molar refractivity (Wildman–Crippen MR) is 143 cm³/mol. The van der Waals surface area contributed by atoms with Crippen molar-refractivity contribution < 1.29 is 28.2 Å². The number of carboxylic acids is 1. The van der Waals surface area contributed by atoms with Gasteiger partial charge < -0.3 is 23.4 Å². The summed E-state index contributed by atoms with van der Waals surface area (Å²) < 4.78 is 22.8. The van der Waals surface area contributed by atoms with Crippen molar-refractivity contribution in [3.05, 3.63) is 76.3 Å². The van der Waals surface area contributed by atoms with E-state index >= 15 is 0 Å². The van der Waals surface area contributed by atoms with Gasteiger partial charge in [0, 0.05) is 25.6 Å². The summed E-state index contributed by atoms with van der Waals surface area (Å²) in [6.45, 7) is 12.0. The molecule has 0 aliphatic rings. The Balaban J connectivity index is 1.60. The van der Waals surface area contributed by atoms with E-state index in [1.807, 2.05) is 57.2 Å². The summed E-state index contributed by atoms with van der Waals surface area (Å²) in [6, 6.07) is 11.6. The second-order valence-electron chi connectivity index (χ2n) is 10.1. The number of ether oxygens (including phenoxy) is 2. The molecule has 0 atom stereocenters. The third-order valence-corrected chi connectivity index (χ3v) is 6.33. The zero-order valence-corrected chi connectivity index (χ0v) is 23.4. The Morgan fingerprint density at radius 3 is 2.21 bits per heavy atom. The van der Waals surface area contributed by atoms with Crippen molar-refractivity contribution in [1.29, 1.82) is 0 Å². The number of nitrogens with zero attached hydrogens (tertiary/aromatic N) is 4. The molecule has 2 aromatic heterocycles. The zero-order valence-electron chi connectivity index (χ0n) is 23.4. The summed E-state index contributed by atoms with van der Waals surface area (Å²) in [4.78, 5) is 18.5. The number of aliphatic carboxylic acids is 1. The van der Waals surface area contributed by atoms with Gasteiger partial charge in [-0.3, -0.25) is 4.90 Å². The quantitative estimate of drug-likeness (QED) is 0.267. The molecule has 0 aliphatic heterocycles. The van der Waals surface area contributed by atoms with Crippen molar-refractivity contribution in [1.82, 2.24) is 20.1 Å². The van der Waals surface area contributed by atoms with Gasteiger partial charge in [0.1, 0.15) is 17.3 Å². The van der Waals surface area contributed by atoms with Crippen LogP contribution < -0.4 is 9.47 Å². The zero-order chi connectivity index (χ0) is 28.3. The number of rotatable bonds is 11. The third-order valence-electron chi connectivity index (χ3n) is 6.33. The summed E-state index contributed by atoms with van der Waals surface area (Å²) in [7, 11) is 1.63. The first-order valence-electron chi connectivity index (χ1n) is 12.6. The highest BCUT2D eigenvalue weighted by atomic mass is 16.5. The Bertz CT molecular complexity index is 1430. The molecule has 0 spiro atoms. The van der Waals surface area contributed by atoms with Crippen LogP contribution in [-0.2, 0) is 24.4 Å². The smallest absolute Gasteiger partial charge is 0.347 e. The fourth-order valence-corrected chi connectivity index (χ4v) is 4.25. The van der Waals surface area contributed by atoms with Crippen LogP contribution in [0.1, 0.15) is 53.8 Å². The maximum atomic E-state index is 11.6. The lowest BCUT2D eigenvalue weighted by molar-refractivity contribution is -0.152. The van der Waals surface area contributed by atoms with Crippen LogP contribution in [0.3, 0.4) is 0 Å². The molecule has 2 heterocycles. The van der Waals surface area contributed by atoms with E-state index in [1.165, 1.54) is 13.8 Å². The van der Waals surface area contributed by atoms with Crippen LogP contribution >= 0.6 is 0 Å². The van der Waals surface area contributed by atoms with E-state index < -0.39 is 11.6 Å². The summed E-state index contributed by atoms with van der Waals surface area (Å²) >= 11 is 0. The lowest BCUT2D eigenvalue weighted by Crippen LogP contribution is -2.38. The van der Waals surface area contributed by atoms with E-state index in [0.29, 0.717) is 43.1 Å². The van der Waals surface area contributed by atoms with Gasteiger partial charge in [0.25, 0.3) is 0 Å². The minimum atomic E-state index is -1.34. The Hall–Kier alpha value is -4.18. The molecule has 0 saturated heterocycles. The van der Waals surface area contributed by atoms with Crippen molar-refractivity contribution >= 4 is 5.97 Å². The van der Waals surface area contributed by atoms with Gasteiger partial charge in [0.05, 0.1) is 19.3 Å². The standard InChI is InChI=1S/C29H34N4O6/c1-17-12-21(13-18(2)26(17)39-29(5,6)28(34)35)14-33(16-25-32-31-20(4)38-25)15-24-19(3)37-27(30-24)22-8-10-23(36-7)11-9-22/h8-13H,14-16H2,1-7H3,(H,34,35). The largest absolute Gasteiger partial charge is 0.497 e. The molecule has 10 heteroatoms. The maximum absolute atomic E-state index is 11.6. The molecule has 0 unspecified atom stereocenters. The van der Waals surface area contributed by atoms with E-state index in [4.69, 9.17) is 23.3 Å². The lowest BCUT2D eigenvalue weighted by Gasteiger charge is -2.25. The summed E-state index contributed by atoms with van der Waals surface area (Å²) in [6.07, 6.45) is 0. The Morgan fingerprint density at radius 2 is 1.64 bits per heavy atom. The number of hydrogen-bond acceptors (Lipinski definition) is 9. The van der Waals surface area contributed by atoms with E-state index in [2.05, 4.69) is 15.1 Å². The van der Waals surface area contributed by atoms with Gasteiger partial charge in [-0.2, -0.15) is 0 Å². The Morgan fingerprint density at radius 1 is 0.974 bits per heavy atom. The molecular weight excluding hydrogens is 500 g/mol. The first kappa shape index (κ1) is 27.8. The van der Waals surface area contributed by atoms with Crippen molar-refractivity contribution in [2.45, 2.75) is 66.8 Å². The van der Waals surface area contributed by atoms with Crippen LogP contribution in [0.25, 0.3) is 11.5 Å². The first-order valence-corrected chi connectivity index (χ1v) is 12.6. The Kier molecular flexibility index (Phi) is 8.06. The summed E-state index contributed by atoms with van der Waals surface area (Å²) in [5, 5.41) is 17.6.